The van der Waals surface area contributed by atoms with Crippen molar-refractivity contribution in [2.45, 2.75) is 51.2 Å². The maximum atomic E-state index is 2.53. The van der Waals surface area contributed by atoms with Gasteiger partial charge in [0.25, 0.3) is 0 Å². The van der Waals surface area contributed by atoms with Crippen LogP contribution in [0.2, 0.25) is 0 Å². The number of likely N-dealkylation sites (N-methyl/N-ethyl adjacent to an activating group) is 1. The molecule has 2 aliphatic heterocycles. The van der Waals surface area contributed by atoms with E-state index >= 15 is 0 Å². The summed E-state index contributed by atoms with van der Waals surface area (Å²) < 4.78 is 2.52. The molecule has 2 rings (SSSR count). The fraction of sp³-hybridized carbons (Fsp3) is 0.909. The van der Waals surface area contributed by atoms with Crippen LogP contribution in [-0.2, 0) is 0 Å². The third kappa shape index (κ3) is 1.52. The number of hydrogen-bond acceptors (Lipinski definition) is 1. The summed E-state index contributed by atoms with van der Waals surface area (Å²) in [7, 11) is 2.26. The van der Waals surface area contributed by atoms with Crippen LogP contribution < -0.4 is 0 Å². The summed E-state index contributed by atoms with van der Waals surface area (Å²) in [5.74, 6) is 0. The Kier molecular flexibility index (Phi) is 1.99. The summed E-state index contributed by atoms with van der Waals surface area (Å²) in [6.45, 7) is 8.12. The molecule has 0 aromatic carbocycles. The van der Waals surface area contributed by atoms with Gasteiger partial charge in [0.1, 0.15) is 0 Å². The summed E-state index contributed by atoms with van der Waals surface area (Å²) in [5.41, 5.74) is 0.308. The molecule has 2 heterocycles. The van der Waals surface area contributed by atoms with Gasteiger partial charge in [-0.3, -0.25) is 4.90 Å². The van der Waals surface area contributed by atoms with Gasteiger partial charge in [0.2, 0.25) is 0 Å². The van der Waals surface area contributed by atoms with E-state index in [2.05, 4.69) is 43.5 Å². The van der Waals surface area contributed by atoms with E-state index in [0.717, 1.165) is 6.04 Å². The van der Waals surface area contributed by atoms with E-state index in [-0.39, 0.29) is 0 Å². The smallest absolute Gasteiger partial charge is 0.158 e. The van der Waals surface area contributed by atoms with Gasteiger partial charge in [-0.2, -0.15) is 0 Å². The molecule has 1 saturated heterocycles. The minimum atomic E-state index is 0.308. The first kappa shape index (κ1) is 9.20. The largest absolute Gasteiger partial charge is 0.286 e. The monoisotopic (exact) mass is 181 g/mol. The van der Waals surface area contributed by atoms with Crippen LogP contribution in [0.25, 0.3) is 0 Å². The van der Waals surface area contributed by atoms with Gasteiger partial charge in [0.05, 0.1) is 12.1 Å². The van der Waals surface area contributed by atoms with Gasteiger partial charge >= 0.3 is 0 Å². The zero-order valence-corrected chi connectivity index (χ0v) is 9.25. The average Bonchev–Trinajstić information content (AvgIpc) is 2.29. The molecule has 2 heteroatoms. The SMILES string of the molecule is CN1C2C=[N+](C(C)(C)C)CC1CC2. The standard InChI is InChI=1S/C11H21N2/c1-11(2,3)13-7-9-5-6-10(8-13)12(9)4/h7,9-10H,5-6,8H2,1-4H3/q+1. The third-order valence-corrected chi connectivity index (χ3v) is 3.52. The molecule has 2 unspecified atom stereocenters. The highest BCUT2D eigenvalue weighted by molar-refractivity contribution is 5.60. The Balaban J connectivity index is 2.22. The minimum absolute atomic E-state index is 0.308. The molecule has 0 aromatic rings. The van der Waals surface area contributed by atoms with Gasteiger partial charge in [0, 0.05) is 0 Å². The van der Waals surface area contributed by atoms with Gasteiger partial charge in [-0.25, -0.2) is 4.58 Å². The van der Waals surface area contributed by atoms with E-state index in [9.17, 15) is 0 Å². The molecule has 0 radical (unpaired) electrons. The fourth-order valence-electron chi connectivity index (χ4n) is 2.43. The number of nitrogens with zero attached hydrogens (tertiary/aromatic N) is 2. The predicted octanol–water partition coefficient (Wildman–Crippen LogP) is 1.34. The third-order valence-electron chi connectivity index (χ3n) is 3.52. The van der Waals surface area contributed by atoms with Crippen molar-refractivity contribution in [2.24, 2.45) is 0 Å². The molecule has 2 nitrogen and oxygen atoms in total. The first-order chi connectivity index (χ1) is 5.98. The summed E-state index contributed by atoms with van der Waals surface area (Å²) >= 11 is 0. The minimum Gasteiger partial charge on any atom is -0.286 e. The molecular formula is C11H21N2+. The van der Waals surface area contributed by atoms with Crippen molar-refractivity contribution in [3.8, 4) is 0 Å². The highest BCUT2D eigenvalue weighted by Gasteiger charge is 2.41. The summed E-state index contributed by atoms with van der Waals surface area (Å²) in [5, 5.41) is 0. The molecule has 2 bridgehead atoms. The molecule has 0 aliphatic carbocycles. The average molecular weight is 181 g/mol. The molecule has 2 atom stereocenters. The van der Waals surface area contributed by atoms with Crippen molar-refractivity contribution >= 4 is 6.21 Å². The lowest BCUT2D eigenvalue weighted by molar-refractivity contribution is -0.602. The molecule has 0 spiro atoms. The molecule has 0 N–H and O–H groups in total. The van der Waals surface area contributed by atoms with Crippen LogP contribution >= 0.6 is 0 Å². The second kappa shape index (κ2) is 2.81. The van der Waals surface area contributed by atoms with Gasteiger partial charge < -0.3 is 0 Å². The van der Waals surface area contributed by atoms with E-state index in [4.69, 9.17) is 0 Å². The summed E-state index contributed by atoms with van der Waals surface area (Å²) in [4.78, 5) is 2.53. The second-order valence-corrected chi connectivity index (χ2v) is 5.44. The van der Waals surface area contributed by atoms with E-state index in [0.29, 0.717) is 11.6 Å². The maximum Gasteiger partial charge on any atom is 0.158 e. The maximum absolute atomic E-state index is 2.53. The topological polar surface area (TPSA) is 6.25 Å². The Hall–Kier alpha value is -0.370. The van der Waals surface area contributed by atoms with Crippen LogP contribution in [0.4, 0.5) is 0 Å². The first-order valence-electron chi connectivity index (χ1n) is 5.32. The van der Waals surface area contributed by atoms with Crippen molar-refractivity contribution in [1.82, 2.24) is 4.90 Å². The van der Waals surface area contributed by atoms with Gasteiger partial charge in [0.15, 0.2) is 18.3 Å². The molecule has 1 fully saturated rings. The quantitative estimate of drug-likeness (QED) is 0.511. The summed E-state index contributed by atoms with van der Waals surface area (Å²) in [6.07, 6.45) is 5.17. The lowest BCUT2D eigenvalue weighted by Gasteiger charge is -2.30. The molecule has 2 aliphatic rings. The zero-order valence-electron chi connectivity index (χ0n) is 9.25. The van der Waals surface area contributed by atoms with Crippen molar-refractivity contribution in [1.29, 1.82) is 0 Å². The first-order valence-corrected chi connectivity index (χ1v) is 5.32. The van der Waals surface area contributed by atoms with E-state index < -0.39 is 0 Å². The molecule has 13 heavy (non-hydrogen) atoms. The van der Waals surface area contributed by atoms with Crippen molar-refractivity contribution in [2.75, 3.05) is 13.6 Å². The van der Waals surface area contributed by atoms with Crippen LogP contribution in [0.3, 0.4) is 0 Å². The molecule has 0 aromatic heterocycles. The predicted molar refractivity (Wildman–Crippen MR) is 55.5 cm³/mol. The van der Waals surface area contributed by atoms with Gasteiger partial charge in [-0.1, -0.05) is 0 Å². The summed E-state index contributed by atoms with van der Waals surface area (Å²) in [6, 6.07) is 1.51. The Labute approximate surface area is 81.2 Å². The van der Waals surface area contributed by atoms with Gasteiger partial charge in [-0.15, -0.1) is 0 Å². The Bertz CT molecular complexity index is 237. The normalized spacial score (nSPS) is 34.9. The Morgan fingerprint density at radius 1 is 1.31 bits per heavy atom. The van der Waals surface area contributed by atoms with Crippen molar-refractivity contribution < 1.29 is 4.58 Å². The van der Waals surface area contributed by atoms with E-state index in [1.807, 2.05) is 0 Å². The lowest BCUT2D eigenvalue weighted by Crippen LogP contribution is -2.50. The lowest BCUT2D eigenvalue weighted by atomic mass is 10.1. The zero-order chi connectivity index (χ0) is 9.64. The molecule has 0 saturated carbocycles. The van der Waals surface area contributed by atoms with Crippen molar-refractivity contribution in [3.05, 3.63) is 0 Å². The van der Waals surface area contributed by atoms with Crippen LogP contribution in [-0.4, -0.2) is 46.9 Å². The van der Waals surface area contributed by atoms with Crippen LogP contribution in [0, 0.1) is 0 Å². The highest BCUT2D eigenvalue weighted by atomic mass is 15.3. The van der Waals surface area contributed by atoms with Crippen molar-refractivity contribution in [3.63, 3.8) is 0 Å². The Morgan fingerprint density at radius 3 is 2.54 bits per heavy atom. The van der Waals surface area contributed by atoms with Crippen LogP contribution in [0.15, 0.2) is 0 Å². The number of rotatable bonds is 0. The van der Waals surface area contributed by atoms with E-state index in [1.54, 1.807) is 0 Å². The molecular weight excluding hydrogens is 160 g/mol. The number of fused-ring (bicyclic) bond motifs is 2. The Morgan fingerprint density at radius 2 is 2.00 bits per heavy atom. The number of hydrogen-bond donors (Lipinski definition) is 0. The van der Waals surface area contributed by atoms with Crippen LogP contribution in [0.1, 0.15) is 33.6 Å². The van der Waals surface area contributed by atoms with E-state index in [1.165, 1.54) is 19.4 Å². The fourth-order valence-corrected chi connectivity index (χ4v) is 2.43. The van der Waals surface area contributed by atoms with Gasteiger partial charge in [-0.05, 0) is 40.7 Å². The second-order valence-electron chi connectivity index (χ2n) is 5.44. The highest BCUT2D eigenvalue weighted by Crippen LogP contribution is 2.26. The molecule has 0 amide bonds. The van der Waals surface area contributed by atoms with Crippen LogP contribution in [0.5, 0.6) is 0 Å². The molecule has 74 valence electrons.